The van der Waals surface area contributed by atoms with E-state index in [9.17, 15) is 0 Å². The maximum Gasteiger partial charge on any atom is -0.00424 e. The first-order valence-corrected chi connectivity index (χ1v) is 3.36. The largest absolute Gasteiger partial charge is 0.330 e. The van der Waals surface area contributed by atoms with E-state index in [4.69, 9.17) is 5.73 Å². The topological polar surface area (TPSA) is 26.0 Å². The van der Waals surface area contributed by atoms with Crippen molar-refractivity contribution < 1.29 is 0 Å². The third-order valence-corrected chi connectivity index (χ3v) is 1.24. The van der Waals surface area contributed by atoms with E-state index in [-0.39, 0.29) is 0 Å². The number of hydrogen-bond donors (Lipinski definition) is 1. The van der Waals surface area contributed by atoms with Crippen LogP contribution in [-0.2, 0) is 0 Å². The van der Waals surface area contributed by atoms with E-state index in [0.717, 1.165) is 19.4 Å². The van der Waals surface area contributed by atoms with Crippen LogP contribution in [0.5, 0.6) is 0 Å². The van der Waals surface area contributed by atoms with Crippen molar-refractivity contribution in [1.82, 2.24) is 0 Å². The molecule has 0 fully saturated rings. The van der Waals surface area contributed by atoms with Crippen LogP contribution in [0.1, 0.15) is 19.8 Å². The van der Waals surface area contributed by atoms with Gasteiger partial charge in [0.05, 0.1) is 0 Å². The van der Waals surface area contributed by atoms with E-state index >= 15 is 0 Å². The van der Waals surface area contributed by atoms with Gasteiger partial charge in [0.15, 0.2) is 0 Å². The average molecular weight is 125 g/mol. The molecule has 0 unspecified atom stereocenters. The van der Waals surface area contributed by atoms with E-state index in [1.54, 1.807) is 0 Å². The summed E-state index contributed by atoms with van der Waals surface area (Å²) in [5, 5.41) is 0. The van der Waals surface area contributed by atoms with E-state index in [0.29, 0.717) is 0 Å². The highest BCUT2D eigenvalue weighted by molar-refractivity contribution is 5.14. The Morgan fingerprint density at radius 2 is 2.33 bits per heavy atom. The van der Waals surface area contributed by atoms with Crippen LogP contribution in [0.3, 0.4) is 0 Å². The number of rotatable bonds is 4. The van der Waals surface area contributed by atoms with Crippen LogP contribution in [0.4, 0.5) is 0 Å². The first kappa shape index (κ1) is 8.44. The van der Waals surface area contributed by atoms with Crippen molar-refractivity contribution in [2.24, 2.45) is 5.73 Å². The molecule has 0 atom stereocenters. The van der Waals surface area contributed by atoms with Gasteiger partial charge in [-0.05, 0) is 19.4 Å². The average Bonchev–Trinajstić information content (AvgIpc) is 1.91. The zero-order valence-corrected chi connectivity index (χ0v) is 6.06. The van der Waals surface area contributed by atoms with Crippen molar-refractivity contribution in [3.63, 3.8) is 0 Å². The second-order valence-corrected chi connectivity index (χ2v) is 1.91. The lowest BCUT2D eigenvalue weighted by Crippen LogP contribution is -1.95. The standard InChI is InChI=1S/C8H15N/c1-3-8(4-2)6-5-7-9/h3,6H,1,4-5,7,9H2,2H3/b8-6+. The predicted molar refractivity (Wildman–Crippen MR) is 42.2 cm³/mol. The molecular weight excluding hydrogens is 110 g/mol. The molecule has 0 saturated heterocycles. The van der Waals surface area contributed by atoms with Crippen molar-refractivity contribution in [2.75, 3.05) is 6.54 Å². The lowest BCUT2D eigenvalue weighted by molar-refractivity contribution is 0.986. The van der Waals surface area contributed by atoms with Crippen molar-refractivity contribution >= 4 is 0 Å². The molecule has 0 aliphatic heterocycles. The molecule has 0 heterocycles. The number of allylic oxidation sites excluding steroid dienone is 2. The zero-order valence-electron chi connectivity index (χ0n) is 6.06. The van der Waals surface area contributed by atoms with Crippen LogP contribution in [0.2, 0.25) is 0 Å². The Morgan fingerprint density at radius 3 is 2.67 bits per heavy atom. The molecule has 0 aliphatic carbocycles. The van der Waals surface area contributed by atoms with Gasteiger partial charge in [0.2, 0.25) is 0 Å². The molecule has 2 N–H and O–H groups in total. The van der Waals surface area contributed by atoms with Crippen molar-refractivity contribution in [1.29, 1.82) is 0 Å². The van der Waals surface area contributed by atoms with Gasteiger partial charge >= 0.3 is 0 Å². The fraction of sp³-hybridized carbons (Fsp3) is 0.500. The highest BCUT2D eigenvalue weighted by atomic mass is 14.5. The summed E-state index contributed by atoms with van der Waals surface area (Å²) in [5.74, 6) is 0. The van der Waals surface area contributed by atoms with Crippen molar-refractivity contribution in [2.45, 2.75) is 19.8 Å². The van der Waals surface area contributed by atoms with Crippen molar-refractivity contribution in [3.8, 4) is 0 Å². The second-order valence-electron chi connectivity index (χ2n) is 1.91. The lowest BCUT2D eigenvalue weighted by Gasteiger charge is -1.93. The second kappa shape index (κ2) is 5.57. The van der Waals surface area contributed by atoms with Gasteiger partial charge in [0.1, 0.15) is 0 Å². The predicted octanol–water partition coefficient (Wildman–Crippen LogP) is 1.86. The Hall–Kier alpha value is -0.560. The molecule has 0 aromatic rings. The summed E-state index contributed by atoms with van der Waals surface area (Å²) in [7, 11) is 0. The van der Waals surface area contributed by atoms with Crippen LogP contribution in [0.25, 0.3) is 0 Å². The summed E-state index contributed by atoms with van der Waals surface area (Å²) in [4.78, 5) is 0. The molecule has 1 nitrogen and oxygen atoms in total. The zero-order chi connectivity index (χ0) is 7.11. The first-order valence-electron chi connectivity index (χ1n) is 3.36. The minimum absolute atomic E-state index is 0.733. The third-order valence-electron chi connectivity index (χ3n) is 1.24. The normalized spacial score (nSPS) is 11.6. The number of hydrogen-bond acceptors (Lipinski definition) is 1. The lowest BCUT2D eigenvalue weighted by atomic mass is 10.2. The summed E-state index contributed by atoms with van der Waals surface area (Å²) in [5.41, 5.74) is 6.60. The van der Waals surface area contributed by atoms with Gasteiger partial charge in [-0.2, -0.15) is 0 Å². The Morgan fingerprint density at radius 1 is 1.67 bits per heavy atom. The fourth-order valence-electron chi connectivity index (χ4n) is 0.641. The summed E-state index contributed by atoms with van der Waals surface area (Å²) < 4.78 is 0. The quantitative estimate of drug-likeness (QED) is 0.570. The van der Waals surface area contributed by atoms with Crippen LogP contribution in [0.15, 0.2) is 24.3 Å². The molecule has 0 saturated carbocycles. The molecule has 0 aromatic heterocycles. The number of nitrogens with two attached hydrogens (primary N) is 1. The monoisotopic (exact) mass is 125 g/mol. The molecule has 1 heteroatoms. The van der Waals surface area contributed by atoms with Gasteiger partial charge in [-0.3, -0.25) is 0 Å². The highest BCUT2D eigenvalue weighted by Crippen LogP contribution is 2.01. The molecule has 0 aliphatic rings. The molecule has 0 aromatic carbocycles. The van der Waals surface area contributed by atoms with Crippen LogP contribution >= 0.6 is 0 Å². The van der Waals surface area contributed by atoms with E-state index in [1.165, 1.54) is 5.57 Å². The smallest absolute Gasteiger partial charge is 0.00424 e. The van der Waals surface area contributed by atoms with Gasteiger partial charge in [-0.15, -0.1) is 0 Å². The van der Waals surface area contributed by atoms with Crippen LogP contribution in [-0.4, -0.2) is 6.54 Å². The van der Waals surface area contributed by atoms with Crippen LogP contribution in [0, 0.1) is 0 Å². The van der Waals surface area contributed by atoms with E-state index < -0.39 is 0 Å². The molecule has 0 radical (unpaired) electrons. The van der Waals surface area contributed by atoms with E-state index in [1.807, 2.05) is 6.08 Å². The van der Waals surface area contributed by atoms with Gasteiger partial charge < -0.3 is 5.73 Å². The summed E-state index contributed by atoms with van der Waals surface area (Å²) in [6, 6.07) is 0. The molecule has 0 bridgehead atoms. The van der Waals surface area contributed by atoms with Crippen molar-refractivity contribution in [3.05, 3.63) is 24.3 Å². The molecule has 0 amide bonds. The van der Waals surface area contributed by atoms with Gasteiger partial charge in [0, 0.05) is 0 Å². The Kier molecular flexibility index (Phi) is 5.23. The highest BCUT2D eigenvalue weighted by Gasteiger charge is 1.83. The SMILES string of the molecule is C=C/C(=C\CCN)CC. The maximum atomic E-state index is 5.31. The minimum atomic E-state index is 0.733. The minimum Gasteiger partial charge on any atom is -0.330 e. The van der Waals surface area contributed by atoms with E-state index in [2.05, 4.69) is 19.6 Å². The van der Waals surface area contributed by atoms with Gasteiger partial charge in [-0.1, -0.05) is 31.2 Å². The van der Waals surface area contributed by atoms with Gasteiger partial charge in [0.25, 0.3) is 0 Å². The molecule has 0 rings (SSSR count). The Balaban J connectivity index is 3.61. The Bertz CT molecular complexity index is 103. The first-order chi connectivity index (χ1) is 4.35. The summed E-state index contributed by atoms with van der Waals surface area (Å²) >= 11 is 0. The summed E-state index contributed by atoms with van der Waals surface area (Å²) in [6.45, 7) is 6.52. The fourth-order valence-corrected chi connectivity index (χ4v) is 0.641. The molecule has 0 spiro atoms. The van der Waals surface area contributed by atoms with Gasteiger partial charge in [-0.25, -0.2) is 0 Å². The maximum absolute atomic E-state index is 5.31. The molecular formula is C8H15N. The third kappa shape index (κ3) is 3.98. The molecule has 52 valence electrons. The van der Waals surface area contributed by atoms with Crippen LogP contribution < -0.4 is 5.73 Å². The molecule has 9 heavy (non-hydrogen) atoms. The Labute approximate surface area is 57.3 Å². The summed E-state index contributed by atoms with van der Waals surface area (Å²) in [6.07, 6.45) is 6.04.